The van der Waals surface area contributed by atoms with Gasteiger partial charge in [0.05, 0.1) is 18.8 Å². The fourth-order valence-electron chi connectivity index (χ4n) is 3.26. The summed E-state index contributed by atoms with van der Waals surface area (Å²) in [5, 5.41) is 0. The van der Waals surface area contributed by atoms with Gasteiger partial charge in [0.1, 0.15) is 0 Å². The van der Waals surface area contributed by atoms with Crippen LogP contribution < -0.4 is 0 Å². The van der Waals surface area contributed by atoms with Gasteiger partial charge >= 0.3 is 5.97 Å². The van der Waals surface area contributed by atoms with Crippen LogP contribution in [0.15, 0.2) is 12.2 Å². The molecule has 1 heterocycles. The zero-order valence-corrected chi connectivity index (χ0v) is 8.99. The minimum Gasteiger partial charge on any atom is -0.462 e. The number of carbonyl (C=O) groups excluding carboxylic acids is 1. The molecule has 3 fully saturated rings. The highest BCUT2D eigenvalue weighted by Gasteiger charge is 2.68. The molecule has 82 valence electrons. The van der Waals surface area contributed by atoms with Crippen LogP contribution in [0, 0.1) is 11.3 Å². The monoisotopic (exact) mass is 208 g/mol. The molecule has 0 aromatic rings. The maximum Gasteiger partial charge on any atom is 0.333 e. The number of hydrogen-bond acceptors (Lipinski definition) is 3. The van der Waals surface area contributed by atoms with Crippen LogP contribution in [0.5, 0.6) is 0 Å². The SMILES string of the molecule is C=C(C)C(=O)OCC12CCC(C1)C1OC12. The van der Waals surface area contributed by atoms with Crippen LogP contribution in [-0.2, 0) is 14.3 Å². The highest BCUT2D eigenvalue weighted by molar-refractivity contribution is 5.86. The Hall–Kier alpha value is -0.830. The van der Waals surface area contributed by atoms with Crippen LogP contribution in [0.25, 0.3) is 0 Å². The van der Waals surface area contributed by atoms with Crippen LogP contribution in [0.3, 0.4) is 0 Å². The molecule has 0 aromatic carbocycles. The van der Waals surface area contributed by atoms with E-state index in [1.807, 2.05) is 0 Å². The summed E-state index contributed by atoms with van der Waals surface area (Å²) in [4.78, 5) is 11.3. The van der Waals surface area contributed by atoms with Crippen molar-refractivity contribution < 1.29 is 14.3 Å². The van der Waals surface area contributed by atoms with Crippen LogP contribution in [0.2, 0.25) is 0 Å². The van der Waals surface area contributed by atoms with Crippen molar-refractivity contribution in [2.24, 2.45) is 11.3 Å². The fraction of sp³-hybridized carbons (Fsp3) is 0.750. The van der Waals surface area contributed by atoms with Crippen LogP contribution in [0.1, 0.15) is 26.2 Å². The van der Waals surface area contributed by atoms with Gasteiger partial charge in [-0.2, -0.15) is 0 Å². The molecule has 0 amide bonds. The van der Waals surface area contributed by atoms with Crippen molar-refractivity contribution in [1.29, 1.82) is 0 Å². The lowest BCUT2D eigenvalue weighted by atomic mass is 9.85. The fourth-order valence-corrected chi connectivity index (χ4v) is 3.26. The van der Waals surface area contributed by atoms with Crippen molar-refractivity contribution in [3.63, 3.8) is 0 Å². The Balaban J connectivity index is 1.64. The van der Waals surface area contributed by atoms with E-state index in [1.165, 1.54) is 12.8 Å². The van der Waals surface area contributed by atoms with Gasteiger partial charge in [-0.05, 0) is 32.1 Å². The molecule has 3 nitrogen and oxygen atoms in total. The molecule has 0 aromatic heterocycles. The average molecular weight is 208 g/mol. The number of hydrogen-bond donors (Lipinski definition) is 0. The zero-order chi connectivity index (χ0) is 10.6. The predicted octanol–water partition coefficient (Wildman–Crippen LogP) is 1.67. The number of fused-ring (bicyclic) bond motifs is 5. The maximum absolute atomic E-state index is 11.3. The molecule has 2 aliphatic carbocycles. The summed E-state index contributed by atoms with van der Waals surface area (Å²) < 4.78 is 10.9. The van der Waals surface area contributed by atoms with Crippen molar-refractivity contribution in [1.82, 2.24) is 0 Å². The second kappa shape index (κ2) is 2.85. The van der Waals surface area contributed by atoms with E-state index in [0.717, 1.165) is 12.3 Å². The summed E-state index contributed by atoms with van der Waals surface area (Å²) in [6, 6.07) is 0. The van der Waals surface area contributed by atoms with Crippen molar-refractivity contribution in [3.8, 4) is 0 Å². The first-order valence-electron chi connectivity index (χ1n) is 5.60. The molecule has 4 unspecified atom stereocenters. The van der Waals surface area contributed by atoms with Crippen molar-refractivity contribution in [2.75, 3.05) is 6.61 Å². The van der Waals surface area contributed by atoms with Crippen LogP contribution in [-0.4, -0.2) is 24.8 Å². The first-order valence-corrected chi connectivity index (χ1v) is 5.60. The summed E-state index contributed by atoms with van der Waals surface area (Å²) in [5.41, 5.74) is 0.632. The number of ether oxygens (including phenoxy) is 2. The van der Waals surface area contributed by atoms with Crippen LogP contribution >= 0.6 is 0 Å². The Morgan fingerprint density at radius 3 is 3.07 bits per heavy atom. The number of epoxide rings is 1. The smallest absolute Gasteiger partial charge is 0.333 e. The largest absolute Gasteiger partial charge is 0.462 e. The molecular weight excluding hydrogens is 192 g/mol. The van der Waals surface area contributed by atoms with Gasteiger partial charge in [-0.1, -0.05) is 6.58 Å². The molecule has 3 aliphatic rings. The summed E-state index contributed by atoms with van der Waals surface area (Å²) in [7, 11) is 0. The lowest BCUT2D eigenvalue weighted by Crippen LogP contribution is -2.30. The topological polar surface area (TPSA) is 38.8 Å². The molecule has 1 aliphatic heterocycles. The van der Waals surface area contributed by atoms with E-state index in [1.54, 1.807) is 6.92 Å². The summed E-state index contributed by atoms with van der Waals surface area (Å²) in [6.45, 7) is 5.79. The molecule has 15 heavy (non-hydrogen) atoms. The van der Waals surface area contributed by atoms with Gasteiger partial charge in [0.15, 0.2) is 0 Å². The van der Waals surface area contributed by atoms with Gasteiger partial charge in [-0.3, -0.25) is 0 Å². The van der Waals surface area contributed by atoms with Gasteiger partial charge in [0.25, 0.3) is 0 Å². The van der Waals surface area contributed by atoms with E-state index >= 15 is 0 Å². The van der Waals surface area contributed by atoms with Crippen molar-refractivity contribution in [2.45, 2.75) is 38.4 Å². The predicted molar refractivity (Wildman–Crippen MR) is 54.2 cm³/mol. The Morgan fingerprint density at radius 2 is 2.47 bits per heavy atom. The molecule has 0 spiro atoms. The molecule has 0 radical (unpaired) electrons. The summed E-state index contributed by atoms with van der Waals surface area (Å²) in [5.74, 6) is 0.468. The Morgan fingerprint density at radius 1 is 1.67 bits per heavy atom. The first-order chi connectivity index (χ1) is 7.12. The minimum absolute atomic E-state index is 0.153. The van der Waals surface area contributed by atoms with E-state index in [2.05, 4.69) is 6.58 Å². The van der Waals surface area contributed by atoms with Crippen LogP contribution in [0.4, 0.5) is 0 Å². The second-order valence-corrected chi connectivity index (χ2v) is 5.24. The van der Waals surface area contributed by atoms with Gasteiger partial charge < -0.3 is 9.47 Å². The van der Waals surface area contributed by atoms with Gasteiger partial charge in [0, 0.05) is 11.0 Å². The standard InChI is InChI=1S/C12H16O3/c1-7(2)11(13)14-6-12-4-3-8(5-12)9-10(12)15-9/h8-10H,1,3-6H2,2H3. The van der Waals surface area contributed by atoms with E-state index in [9.17, 15) is 4.79 Å². The number of esters is 1. The molecule has 1 saturated heterocycles. The normalized spacial score (nSPS) is 45.0. The van der Waals surface area contributed by atoms with E-state index in [-0.39, 0.29) is 11.4 Å². The lowest BCUT2D eigenvalue weighted by Gasteiger charge is -2.25. The average Bonchev–Trinajstić information content (AvgIpc) is 2.86. The quantitative estimate of drug-likeness (QED) is 0.402. The third kappa shape index (κ3) is 1.26. The maximum atomic E-state index is 11.3. The number of rotatable bonds is 3. The summed E-state index contributed by atoms with van der Waals surface area (Å²) in [6.07, 6.45) is 4.45. The summed E-state index contributed by atoms with van der Waals surface area (Å²) >= 11 is 0. The molecular formula is C12H16O3. The third-order valence-electron chi connectivity index (χ3n) is 4.11. The Kier molecular flexibility index (Phi) is 1.78. The minimum atomic E-state index is -0.267. The van der Waals surface area contributed by atoms with Crippen molar-refractivity contribution >= 4 is 5.97 Å². The van der Waals surface area contributed by atoms with Crippen molar-refractivity contribution in [3.05, 3.63) is 12.2 Å². The zero-order valence-electron chi connectivity index (χ0n) is 8.99. The van der Waals surface area contributed by atoms with E-state index < -0.39 is 0 Å². The van der Waals surface area contributed by atoms with E-state index in [0.29, 0.717) is 24.4 Å². The molecule has 4 atom stereocenters. The van der Waals surface area contributed by atoms with Gasteiger partial charge in [-0.15, -0.1) is 0 Å². The van der Waals surface area contributed by atoms with Gasteiger partial charge in [0.2, 0.25) is 0 Å². The van der Waals surface area contributed by atoms with Gasteiger partial charge in [-0.25, -0.2) is 4.79 Å². The molecule has 3 rings (SSSR count). The highest BCUT2D eigenvalue weighted by Crippen LogP contribution is 2.63. The second-order valence-electron chi connectivity index (χ2n) is 5.24. The molecule has 2 saturated carbocycles. The van der Waals surface area contributed by atoms with E-state index in [4.69, 9.17) is 9.47 Å². The highest BCUT2D eigenvalue weighted by atomic mass is 16.6. The third-order valence-corrected chi connectivity index (χ3v) is 4.11. The molecule has 2 bridgehead atoms. The number of carbonyl (C=O) groups is 1. The lowest BCUT2D eigenvalue weighted by molar-refractivity contribution is -0.142. The molecule has 3 heteroatoms. The Labute approximate surface area is 89.4 Å². The molecule has 0 N–H and O–H groups in total. The first kappa shape index (κ1) is 9.40. The Bertz CT molecular complexity index is 336.